The summed E-state index contributed by atoms with van der Waals surface area (Å²) in [5, 5.41) is 0. The lowest BCUT2D eigenvalue weighted by Crippen LogP contribution is -2.36. The van der Waals surface area contributed by atoms with Crippen molar-refractivity contribution in [2.24, 2.45) is 5.92 Å². The van der Waals surface area contributed by atoms with Crippen molar-refractivity contribution >= 4 is 39.8 Å². The SMILES string of the molecule is CC1C=C(N(c2ccccc2)c2ccccc2)C=CC1N(c1ccc(C(CCc2ccccc2)c2ccccc2)cc1)c1ccc(N(c2ccccc2)c2ccccc2)cc1. The van der Waals surface area contributed by atoms with E-state index in [1.807, 2.05) is 0 Å². The Balaban J connectivity index is 1.09. The lowest BCUT2D eigenvalue weighted by atomic mass is 9.86. The van der Waals surface area contributed by atoms with Crippen LogP contribution in [0.3, 0.4) is 0 Å². The monoisotopic (exact) mass is 789 g/mol. The summed E-state index contributed by atoms with van der Waals surface area (Å²) >= 11 is 0. The number of hydrogen-bond donors (Lipinski definition) is 0. The Morgan fingerprint density at radius 2 is 0.770 bits per heavy atom. The summed E-state index contributed by atoms with van der Waals surface area (Å²) in [6.45, 7) is 2.35. The molecule has 0 aliphatic heterocycles. The topological polar surface area (TPSA) is 9.72 Å². The second kappa shape index (κ2) is 18.7. The maximum Gasteiger partial charge on any atom is 0.0586 e. The second-order valence-electron chi connectivity index (χ2n) is 15.8. The van der Waals surface area contributed by atoms with Crippen molar-refractivity contribution < 1.29 is 0 Å². The molecule has 8 aromatic rings. The number of allylic oxidation sites excluding steroid dienone is 1. The van der Waals surface area contributed by atoms with Crippen molar-refractivity contribution in [1.82, 2.24) is 0 Å². The summed E-state index contributed by atoms with van der Waals surface area (Å²) in [6, 6.07) is 83.0. The maximum atomic E-state index is 2.52. The summed E-state index contributed by atoms with van der Waals surface area (Å²) in [5.41, 5.74) is 13.2. The van der Waals surface area contributed by atoms with Gasteiger partial charge in [0, 0.05) is 57.3 Å². The van der Waals surface area contributed by atoms with Crippen LogP contribution in [-0.2, 0) is 6.42 Å². The van der Waals surface area contributed by atoms with E-state index in [-0.39, 0.29) is 17.9 Å². The highest BCUT2D eigenvalue weighted by Crippen LogP contribution is 2.41. The van der Waals surface area contributed by atoms with Gasteiger partial charge in [0.25, 0.3) is 0 Å². The van der Waals surface area contributed by atoms with E-state index >= 15 is 0 Å². The minimum Gasteiger partial charge on any atom is -0.334 e. The smallest absolute Gasteiger partial charge is 0.0586 e. The van der Waals surface area contributed by atoms with Crippen LogP contribution in [0.2, 0.25) is 0 Å². The molecule has 0 fully saturated rings. The number of para-hydroxylation sites is 4. The van der Waals surface area contributed by atoms with Gasteiger partial charge in [-0.1, -0.05) is 165 Å². The van der Waals surface area contributed by atoms with Gasteiger partial charge in [0.2, 0.25) is 0 Å². The van der Waals surface area contributed by atoms with Gasteiger partial charge in [-0.05, 0) is 121 Å². The summed E-state index contributed by atoms with van der Waals surface area (Å²) in [7, 11) is 0. The van der Waals surface area contributed by atoms with Crippen LogP contribution in [0.25, 0.3) is 0 Å². The molecule has 9 rings (SSSR count). The molecule has 0 saturated heterocycles. The van der Waals surface area contributed by atoms with Gasteiger partial charge in [-0.15, -0.1) is 0 Å². The largest absolute Gasteiger partial charge is 0.334 e. The van der Waals surface area contributed by atoms with Gasteiger partial charge in [-0.3, -0.25) is 0 Å². The molecule has 298 valence electrons. The number of anilines is 7. The van der Waals surface area contributed by atoms with Crippen LogP contribution in [0.5, 0.6) is 0 Å². The molecule has 8 aromatic carbocycles. The molecule has 3 nitrogen and oxygen atoms in total. The van der Waals surface area contributed by atoms with Crippen LogP contribution >= 0.6 is 0 Å². The number of rotatable bonds is 14. The Bertz CT molecular complexity index is 2550. The zero-order chi connectivity index (χ0) is 41.2. The zero-order valence-electron chi connectivity index (χ0n) is 34.7. The molecule has 0 heterocycles. The first-order valence-corrected chi connectivity index (χ1v) is 21.5. The molecule has 3 atom stereocenters. The molecular formula is C58H51N3. The highest BCUT2D eigenvalue weighted by molar-refractivity contribution is 5.79. The van der Waals surface area contributed by atoms with E-state index in [9.17, 15) is 0 Å². The van der Waals surface area contributed by atoms with Crippen LogP contribution in [0.4, 0.5) is 39.8 Å². The number of benzene rings is 8. The summed E-state index contributed by atoms with van der Waals surface area (Å²) in [5.74, 6) is 0.466. The predicted molar refractivity (Wildman–Crippen MR) is 258 cm³/mol. The average molecular weight is 790 g/mol. The van der Waals surface area contributed by atoms with Gasteiger partial charge in [-0.25, -0.2) is 0 Å². The Kier molecular flexibility index (Phi) is 12.0. The van der Waals surface area contributed by atoms with E-state index in [0.717, 1.165) is 58.4 Å². The van der Waals surface area contributed by atoms with Gasteiger partial charge in [0.15, 0.2) is 0 Å². The Morgan fingerprint density at radius 1 is 0.393 bits per heavy atom. The lowest BCUT2D eigenvalue weighted by Gasteiger charge is -2.38. The molecule has 1 aliphatic rings. The Morgan fingerprint density at radius 3 is 1.25 bits per heavy atom. The zero-order valence-corrected chi connectivity index (χ0v) is 34.7. The molecule has 0 radical (unpaired) electrons. The van der Waals surface area contributed by atoms with Crippen molar-refractivity contribution in [2.75, 3.05) is 14.7 Å². The van der Waals surface area contributed by atoms with E-state index in [2.05, 4.69) is 270 Å². The van der Waals surface area contributed by atoms with Crippen LogP contribution in [0.1, 0.15) is 36.0 Å². The molecule has 0 aromatic heterocycles. The van der Waals surface area contributed by atoms with E-state index in [1.165, 1.54) is 16.7 Å². The molecular weight excluding hydrogens is 739 g/mol. The summed E-state index contributed by atoms with van der Waals surface area (Å²) < 4.78 is 0. The van der Waals surface area contributed by atoms with Crippen molar-refractivity contribution in [3.63, 3.8) is 0 Å². The minimum atomic E-state index is 0.0659. The quantitative estimate of drug-likeness (QED) is 0.109. The van der Waals surface area contributed by atoms with Gasteiger partial charge >= 0.3 is 0 Å². The molecule has 0 N–H and O–H groups in total. The number of hydrogen-bond acceptors (Lipinski definition) is 3. The molecule has 3 heteroatoms. The third-order valence-corrected chi connectivity index (χ3v) is 11.8. The van der Waals surface area contributed by atoms with Crippen LogP contribution in [-0.4, -0.2) is 6.04 Å². The lowest BCUT2D eigenvalue weighted by molar-refractivity contribution is 0.603. The van der Waals surface area contributed by atoms with E-state index in [4.69, 9.17) is 0 Å². The maximum absolute atomic E-state index is 2.52. The standard InChI is InChI=1S/C58H51N3/c1-45-44-56(60(51-28-16-6-17-29-51)52-30-18-7-19-31-52)41-43-58(45)61(55-39-37-53(38-40-55)59(49-24-12-4-13-25-49)50-26-14-5-15-27-50)54-35-33-48(34-36-54)57(47-22-10-3-11-23-47)42-32-46-20-8-2-9-21-46/h2-31,33-41,43-45,57-58H,32,42H2,1H3. The summed E-state index contributed by atoms with van der Waals surface area (Å²) in [4.78, 5) is 7.20. The van der Waals surface area contributed by atoms with Gasteiger partial charge in [-0.2, -0.15) is 0 Å². The fourth-order valence-electron chi connectivity index (χ4n) is 8.76. The summed E-state index contributed by atoms with van der Waals surface area (Å²) in [6.07, 6.45) is 9.19. The van der Waals surface area contributed by atoms with Gasteiger partial charge < -0.3 is 14.7 Å². The second-order valence-corrected chi connectivity index (χ2v) is 15.8. The minimum absolute atomic E-state index is 0.0659. The third kappa shape index (κ3) is 8.98. The average Bonchev–Trinajstić information content (AvgIpc) is 3.33. The molecule has 61 heavy (non-hydrogen) atoms. The molecule has 0 spiro atoms. The first-order chi connectivity index (χ1) is 30.2. The molecule has 1 aliphatic carbocycles. The Labute approximate surface area is 361 Å². The van der Waals surface area contributed by atoms with E-state index < -0.39 is 0 Å². The molecule has 0 bridgehead atoms. The number of aryl methyl sites for hydroxylation is 1. The highest BCUT2D eigenvalue weighted by atomic mass is 15.2. The van der Waals surface area contributed by atoms with Crippen molar-refractivity contribution in [2.45, 2.75) is 31.7 Å². The van der Waals surface area contributed by atoms with Crippen LogP contribution in [0.15, 0.2) is 254 Å². The third-order valence-electron chi connectivity index (χ3n) is 11.8. The van der Waals surface area contributed by atoms with Gasteiger partial charge in [0.1, 0.15) is 0 Å². The van der Waals surface area contributed by atoms with E-state index in [0.29, 0.717) is 0 Å². The van der Waals surface area contributed by atoms with Crippen molar-refractivity contribution in [1.29, 1.82) is 0 Å². The van der Waals surface area contributed by atoms with Crippen LogP contribution < -0.4 is 14.7 Å². The Hall–Kier alpha value is -7.36. The fraction of sp³-hybridized carbons (Fsp3) is 0.103. The fourth-order valence-corrected chi connectivity index (χ4v) is 8.76. The normalized spacial score (nSPS) is 15.1. The number of nitrogens with zero attached hydrogens (tertiary/aromatic N) is 3. The van der Waals surface area contributed by atoms with Crippen molar-refractivity contribution in [3.8, 4) is 0 Å². The first-order valence-electron chi connectivity index (χ1n) is 21.5. The highest BCUT2D eigenvalue weighted by Gasteiger charge is 2.28. The molecule has 0 saturated carbocycles. The van der Waals surface area contributed by atoms with Gasteiger partial charge in [0.05, 0.1) is 6.04 Å². The van der Waals surface area contributed by atoms with Crippen molar-refractivity contribution in [3.05, 3.63) is 271 Å². The first kappa shape index (κ1) is 39.1. The van der Waals surface area contributed by atoms with E-state index in [1.54, 1.807) is 0 Å². The molecule has 0 amide bonds. The van der Waals surface area contributed by atoms with Crippen LogP contribution in [0, 0.1) is 5.92 Å². The predicted octanol–water partition coefficient (Wildman–Crippen LogP) is 15.4. The molecule has 3 unspecified atom stereocenters.